The maximum Gasteiger partial charge on any atom is 0.416 e. The molecule has 1 aliphatic heterocycles. The largest absolute Gasteiger partial charge is 0.416 e. The normalized spacial score (nSPS) is 22.9. The van der Waals surface area contributed by atoms with Crippen molar-refractivity contribution >= 4 is 43.1 Å². The summed E-state index contributed by atoms with van der Waals surface area (Å²) in [6.07, 6.45) is -4.76. The summed E-state index contributed by atoms with van der Waals surface area (Å²) in [6.45, 7) is -2.67. The second-order valence-electron chi connectivity index (χ2n) is 7.19. The maximum atomic E-state index is 13.1. The Balaban J connectivity index is 2.01. The number of sulfone groups is 1. The molecule has 7 nitrogen and oxygen atoms in total. The van der Waals surface area contributed by atoms with Crippen LogP contribution in [0.2, 0.25) is 10.0 Å². The Labute approximate surface area is 192 Å². The van der Waals surface area contributed by atoms with E-state index in [0.717, 1.165) is 0 Å². The van der Waals surface area contributed by atoms with E-state index in [2.05, 4.69) is 0 Å². The third kappa shape index (κ3) is 4.49. The number of nitrogens with zero attached hydrogens (tertiary/aromatic N) is 1. The van der Waals surface area contributed by atoms with Crippen LogP contribution in [0, 0.1) is 0 Å². The molecule has 32 heavy (non-hydrogen) atoms. The average Bonchev–Trinajstić information content (AvgIpc) is 3.07. The fourth-order valence-electron chi connectivity index (χ4n) is 3.36. The molecular weight excluding hydrogens is 518 g/mol. The Morgan fingerprint density at radius 1 is 1.06 bits per heavy atom. The topological polar surface area (TPSA) is 112 Å². The Morgan fingerprint density at radius 2 is 1.66 bits per heavy atom. The molecule has 3 rings (SSSR count). The van der Waals surface area contributed by atoms with E-state index in [1.807, 2.05) is 0 Å². The molecular formula is C18H16Cl2F3NO6S2. The molecule has 1 aliphatic rings. The molecule has 176 valence electrons. The van der Waals surface area contributed by atoms with Crippen molar-refractivity contribution in [1.82, 2.24) is 4.31 Å². The highest BCUT2D eigenvalue weighted by Gasteiger charge is 2.55. The Kier molecular flexibility index (Phi) is 6.64. The number of aliphatic hydroxyl groups excluding tert-OH is 1. The summed E-state index contributed by atoms with van der Waals surface area (Å²) in [7, 11) is -8.96. The summed E-state index contributed by atoms with van der Waals surface area (Å²) in [5.74, 6) is 0. The lowest BCUT2D eigenvalue weighted by Gasteiger charge is -2.26. The van der Waals surface area contributed by atoms with E-state index in [4.69, 9.17) is 23.2 Å². The van der Waals surface area contributed by atoms with Crippen LogP contribution in [-0.2, 0) is 26.0 Å². The number of sulfonamides is 1. The van der Waals surface area contributed by atoms with Crippen molar-refractivity contribution in [2.45, 2.75) is 26.8 Å². The number of benzene rings is 2. The summed E-state index contributed by atoms with van der Waals surface area (Å²) in [5, 5.41) is 18.2. The Hall–Kier alpha value is -1.41. The van der Waals surface area contributed by atoms with Crippen molar-refractivity contribution in [3.63, 3.8) is 0 Å². The van der Waals surface area contributed by atoms with E-state index >= 15 is 0 Å². The van der Waals surface area contributed by atoms with Gasteiger partial charge in [0.15, 0.2) is 9.84 Å². The molecule has 1 heterocycles. The molecule has 0 radical (unpaired) electrons. The molecule has 2 atom stereocenters. The molecule has 2 aromatic rings. The van der Waals surface area contributed by atoms with Crippen LogP contribution in [0.15, 0.2) is 52.3 Å². The fourth-order valence-corrected chi connectivity index (χ4v) is 7.57. The number of β-amino-alcohol motifs (C(OH)–C–C–N with tert-alkyl or cyclic N) is 1. The van der Waals surface area contributed by atoms with E-state index in [1.165, 1.54) is 24.3 Å². The molecule has 0 aliphatic carbocycles. The maximum absolute atomic E-state index is 13.1. The van der Waals surface area contributed by atoms with Gasteiger partial charge in [-0.3, -0.25) is 0 Å². The van der Waals surface area contributed by atoms with Crippen molar-refractivity contribution in [2.75, 3.05) is 19.7 Å². The smallest absolute Gasteiger partial charge is 0.393 e. The van der Waals surface area contributed by atoms with Gasteiger partial charge in [-0.1, -0.05) is 23.2 Å². The van der Waals surface area contributed by atoms with Crippen LogP contribution in [-0.4, -0.2) is 61.9 Å². The standard InChI is InChI=1S/C18H16Cl2F3NO6S2/c19-12-2-4-13(5-3-12)31(27,28)16-8-24(9-17(16,26)10-25)32(29,30)15-6-1-11(7-14(15)20)18(21,22)23/h1-7,16,25-26H,8-10H2/t16?,17-/m1/s1. The van der Waals surface area contributed by atoms with Gasteiger partial charge in [0.1, 0.15) is 15.7 Å². The first-order valence-corrected chi connectivity index (χ1v) is 12.6. The highest BCUT2D eigenvalue weighted by atomic mass is 35.5. The van der Waals surface area contributed by atoms with E-state index < -0.39 is 72.1 Å². The lowest BCUT2D eigenvalue weighted by atomic mass is 10.1. The van der Waals surface area contributed by atoms with Crippen LogP contribution in [0.1, 0.15) is 5.56 Å². The fraction of sp³-hybridized carbons (Fsp3) is 0.333. The summed E-state index contributed by atoms with van der Waals surface area (Å²) >= 11 is 11.5. The van der Waals surface area contributed by atoms with Gasteiger partial charge in [-0.25, -0.2) is 16.8 Å². The molecule has 0 bridgehead atoms. The average molecular weight is 534 g/mol. The van der Waals surface area contributed by atoms with Crippen LogP contribution in [0.25, 0.3) is 0 Å². The first-order valence-electron chi connectivity index (χ1n) is 8.82. The third-order valence-corrected chi connectivity index (χ3v) is 9.90. The Bertz CT molecular complexity index is 1240. The minimum Gasteiger partial charge on any atom is -0.393 e. The highest BCUT2D eigenvalue weighted by molar-refractivity contribution is 7.92. The van der Waals surface area contributed by atoms with Gasteiger partial charge in [-0.15, -0.1) is 0 Å². The van der Waals surface area contributed by atoms with Gasteiger partial charge < -0.3 is 10.2 Å². The van der Waals surface area contributed by atoms with Gasteiger partial charge in [0.05, 0.1) is 22.1 Å². The predicted molar refractivity (Wildman–Crippen MR) is 110 cm³/mol. The van der Waals surface area contributed by atoms with Crippen LogP contribution in [0.3, 0.4) is 0 Å². The lowest BCUT2D eigenvalue weighted by Crippen LogP contribution is -2.49. The minimum atomic E-state index is -4.76. The van der Waals surface area contributed by atoms with Crippen LogP contribution in [0.4, 0.5) is 13.2 Å². The van der Waals surface area contributed by atoms with Crippen molar-refractivity contribution < 1.29 is 40.2 Å². The number of hydrogen-bond donors (Lipinski definition) is 2. The number of rotatable bonds is 5. The molecule has 0 aromatic heterocycles. The molecule has 0 amide bonds. The molecule has 0 spiro atoms. The number of halogens is 5. The van der Waals surface area contributed by atoms with Gasteiger partial charge in [-0.05, 0) is 42.5 Å². The van der Waals surface area contributed by atoms with Crippen molar-refractivity contribution in [2.24, 2.45) is 0 Å². The van der Waals surface area contributed by atoms with Crippen LogP contribution in [0.5, 0.6) is 0 Å². The zero-order valence-electron chi connectivity index (χ0n) is 15.9. The second-order valence-corrected chi connectivity index (χ2v) is 12.1. The zero-order chi connectivity index (χ0) is 24.1. The minimum absolute atomic E-state index is 0.244. The molecule has 1 fully saturated rings. The first kappa shape index (κ1) is 25.2. The number of aliphatic hydroxyl groups is 2. The van der Waals surface area contributed by atoms with Gasteiger partial charge in [0.2, 0.25) is 10.0 Å². The highest BCUT2D eigenvalue weighted by Crippen LogP contribution is 2.38. The van der Waals surface area contributed by atoms with Gasteiger partial charge in [-0.2, -0.15) is 17.5 Å². The van der Waals surface area contributed by atoms with Gasteiger partial charge in [0, 0.05) is 18.1 Å². The number of hydrogen-bond acceptors (Lipinski definition) is 6. The quantitative estimate of drug-likeness (QED) is 0.610. The monoisotopic (exact) mass is 533 g/mol. The Morgan fingerprint density at radius 3 is 2.16 bits per heavy atom. The molecule has 1 saturated heterocycles. The van der Waals surface area contributed by atoms with Crippen molar-refractivity contribution in [1.29, 1.82) is 0 Å². The van der Waals surface area contributed by atoms with E-state index in [-0.39, 0.29) is 9.92 Å². The predicted octanol–water partition coefficient (Wildman–Crippen LogP) is 2.58. The zero-order valence-corrected chi connectivity index (χ0v) is 19.1. The van der Waals surface area contributed by atoms with Crippen molar-refractivity contribution in [3.05, 3.63) is 58.1 Å². The summed E-state index contributed by atoms with van der Waals surface area (Å²) in [5.41, 5.74) is -3.54. The molecule has 1 unspecified atom stereocenters. The number of alkyl halides is 3. The first-order chi connectivity index (χ1) is 14.6. The second kappa shape index (κ2) is 8.42. The van der Waals surface area contributed by atoms with Crippen LogP contribution < -0.4 is 0 Å². The van der Waals surface area contributed by atoms with Crippen LogP contribution >= 0.6 is 23.2 Å². The molecule has 2 N–H and O–H groups in total. The molecule has 2 aromatic carbocycles. The lowest BCUT2D eigenvalue weighted by molar-refractivity contribution is -0.137. The summed E-state index contributed by atoms with van der Waals surface area (Å²) in [6, 6.07) is 6.52. The van der Waals surface area contributed by atoms with E-state index in [1.54, 1.807) is 0 Å². The summed E-state index contributed by atoms with van der Waals surface area (Å²) < 4.78 is 91.3. The van der Waals surface area contributed by atoms with E-state index in [0.29, 0.717) is 22.5 Å². The summed E-state index contributed by atoms with van der Waals surface area (Å²) in [4.78, 5) is -0.956. The SMILES string of the molecule is O=S(=O)(c1ccc(Cl)cc1)C1CN(S(=O)(=O)c2ccc(C(F)(F)F)cc2Cl)C[C@@]1(O)CO. The van der Waals surface area contributed by atoms with Gasteiger partial charge in [0.25, 0.3) is 0 Å². The molecule has 0 saturated carbocycles. The molecule has 14 heteroatoms. The third-order valence-electron chi connectivity index (χ3n) is 5.09. The van der Waals surface area contributed by atoms with Crippen molar-refractivity contribution in [3.8, 4) is 0 Å². The van der Waals surface area contributed by atoms with Gasteiger partial charge >= 0.3 is 6.18 Å². The van der Waals surface area contributed by atoms with E-state index in [9.17, 15) is 40.2 Å².